The third-order valence-electron chi connectivity index (χ3n) is 3.74. The van der Waals surface area contributed by atoms with Crippen molar-refractivity contribution in [2.24, 2.45) is 0 Å². The molecule has 0 spiro atoms. The number of nitrogens with one attached hydrogen (secondary N) is 1. The zero-order chi connectivity index (χ0) is 23.0. The first kappa shape index (κ1) is 24.9. The lowest BCUT2D eigenvalue weighted by molar-refractivity contribution is -0.0718. The van der Waals surface area contributed by atoms with Crippen LogP contribution in [0.3, 0.4) is 0 Å². The molecule has 2 rings (SSSR count). The number of hydrogen-bond acceptors (Lipinski definition) is 9. The summed E-state index contributed by atoms with van der Waals surface area (Å²) in [6.07, 6.45) is 5.82. The molecule has 168 valence electrons. The quantitative estimate of drug-likeness (QED) is 0.232. The van der Waals surface area contributed by atoms with Crippen molar-refractivity contribution in [1.82, 2.24) is 9.55 Å². The van der Waals surface area contributed by atoms with Crippen molar-refractivity contribution in [1.29, 1.82) is 0 Å². The van der Waals surface area contributed by atoms with E-state index in [2.05, 4.69) is 24.0 Å². The highest BCUT2D eigenvalue weighted by Gasteiger charge is 2.44. The van der Waals surface area contributed by atoms with Crippen LogP contribution >= 0.6 is 23.5 Å². The smallest absolute Gasteiger partial charge is 0.338 e. The number of nitrogens with zero attached hydrogens (tertiary/aromatic N) is 1. The van der Waals surface area contributed by atoms with Gasteiger partial charge < -0.3 is 24.3 Å². The summed E-state index contributed by atoms with van der Waals surface area (Å²) in [6, 6.07) is 0. The van der Waals surface area contributed by atoms with Crippen molar-refractivity contribution in [3.8, 4) is 12.3 Å². The second-order valence-corrected chi connectivity index (χ2v) is 10.5. The first-order valence-electron chi connectivity index (χ1n) is 7.85. The van der Waals surface area contributed by atoms with E-state index in [-0.39, 0.29) is 18.4 Å². The molecule has 0 radical (unpaired) electrons. The average Bonchev–Trinajstić information content (AvgIpc) is 2.98. The molecular formula is C12H17N2O13P3. The van der Waals surface area contributed by atoms with Crippen LogP contribution in [0, 0.1) is 19.3 Å². The van der Waals surface area contributed by atoms with Crippen molar-refractivity contribution in [3.63, 3.8) is 0 Å². The minimum absolute atomic E-state index is 0.0410. The Morgan fingerprint density at radius 2 is 1.90 bits per heavy atom. The van der Waals surface area contributed by atoms with E-state index < -0.39 is 53.2 Å². The molecule has 1 aromatic heterocycles. The molecule has 30 heavy (non-hydrogen) atoms. The monoisotopic (exact) mass is 490 g/mol. The van der Waals surface area contributed by atoms with E-state index in [1.807, 2.05) is 0 Å². The third kappa shape index (κ3) is 6.31. The summed E-state index contributed by atoms with van der Waals surface area (Å²) in [5.74, 6) is 2.28. The minimum Gasteiger partial charge on any atom is -0.338 e. The summed E-state index contributed by atoms with van der Waals surface area (Å²) < 4.78 is 51.9. The summed E-state index contributed by atoms with van der Waals surface area (Å²) in [4.78, 5) is 61.2. The highest BCUT2D eigenvalue weighted by Crippen LogP contribution is 2.66. The summed E-state index contributed by atoms with van der Waals surface area (Å²) in [5.41, 5.74) is -2.94. The average molecular weight is 490 g/mol. The van der Waals surface area contributed by atoms with Gasteiger partial charge in [-0.1, -0.05) is 0 Å². The Morgan fingerprint density at radius 1 is 1.27 bits per heavy atom. The van der Waals surface area contributed by atoms with E-state index in [0.717, 1.165) is 4.57 Å². The fraction of sp³-hybridized carbons (Fsp3) is 0.500. The van der Waals surface area contributed by atoms with Crippen LogP contribution in [-0.4, -0.2) is 41.8 Å². The first-order chi connectivity index (χ1) is 13.6. The molecule has 0 aromatic carbocycles. The maximum atomic E-state index is 12.1. The van der Waals surface area contributed by atoms with Crippen molar-refractivity contribution < 1.29 is 51.2 Å². The lowest BCUT2D eigenvalue weighted by atomic mass is 10.1. The Labute approximate surface area is 168 Å². The third-order valence-corrected chi connectivity index (χ3v) is 7.54. The Bertz CT molecular complexity index is 1110. The number of rotatable bonds is 8. The molecular weight excluding hydrogens is 473 g/mol. The van der Waals surface area contributed by atoms with Crippen molar-refractivity contribution in [3.05, 3.63) is 32.6 Å². The fourth-order valence-electron chi connectivity index (χ4n) is 2.54. The van der Waals surface area contributed by atoms with Crippen LogP contribution in [0.5, 0.6) is 0 Å². The van der Waals surface area contributed by atoms with E-state index in [0.29, 0.717) is 0 Å². The number of phosphoric ester groups is 1. The Hall–Kier alpha value is -1.39. The van der Waals surface area contributed by atoms with E-state index in [1.165, 1.54) is 13.1 Å². The van der Waals surface area contributed by atoms with Gasteiger partial charge in [0.2, 0.25) is 5.72 Å². The van der Waals surface area contributed by atoms with Crippen molar-refractivity contribution in [2.75, 3.05) is 6.61 Å². The Balaban J connectivity index is 2.10. The predicted octanol–water partition coefficient (Wildman–Crippen LogP) is -0.347. The number of H-pyrrole nitrogens is 1. The van der Waals surface area contributed by atoms with Crippen LogP contribution in [0.15, 0.2) is 15.8 Å². The molecule has 0 aliphatic carbocycles. The molecule has 4 atom stereocenters. The summed E-state index contributed by atoms with van der Waals surface area (Å²) in [7, 11) is -16.5. The number of aromatic amines is 1. The SMILES string of the molecule is C#C[C@]1(n2cc(C)c(=O)[nH]c2=O)CC[C@@H](COP(=O)(O)OP(=O)(O)OP(=O)(O)O)O1. The largest absolute Gasteiger partial charge is 0.490 e. The van der Waals surface area contributed by atoms with Crippen LogP contribution in [0.1, 0.15) is 18.4 Å². The molecule has 1 aromatic rings. The van der Waals surface area contributed by atoms with Gasteiger partial charge in [0, 0.05) is 18.2 Å². The highest BCUT2D eigenvalue weighted by atomic mass is 31.3. The summed E-state index contributed by atoms with van der Waals surface area (Å²) in [6.45, 7) is 0.713. The maximum absolute atomic E-state index is 12.1. The minimum atomic E-state index is -5.65. The van der Waals surface area contributed by atoms with Crippen LogP contribution in [-0.2, 0) is 37.3 Å². The van der Waals surface area contributed by atoms with Gasteiger partial charge in [-0.05, 0) is 19.3 Å². The van der Waals surface area contributed by atoms with Gasteiger partial charge in [0.25, 0.3) is 5.56 Å². The lowest BCUT2D eigenvalue weighted by Gasteiger charge is -2.26. The normalized spacial score (nSPS) is 25.9. The van der Waals surface area contributed by atoms with Crippen molar-refractivity contribution >= 4 is 23.5 Å². The Morgan fingerprint density at radius 3 is 2.47 bits per heavy atom. The van der Waals surface area contributed by atoms with Gasteiger partial charge in [0.1, 0.15) is 0 Å². The molecule has 2 unspecified atom stereocenters. The molecule has 1 aliphatic heterocycles. The van der Waals surface area contributed by atoms with Gasteiger partial charge in [0.15, 0.2) is 0 Å². The molecule has 2 heterocycles. The molecule has 18 heteroatoms. The number of hydrogen-bond donors (Lipinski definition) is 5. The molecule has 1 aliphatic rings. The zero-order valence-electron chi connectivity index (χ0n) is 15.1. The fourth-order valence-corrected chi connectivity index (χ4v) is 5.59. The van der Waals surface area contributed by atoms with Crippen molar-refractivity contribution in [2.45, 2.75) is 31.6 Å². The summed E-state index contributed by atoms with van der Waals surface area (Å²) in [5, 5.41) is 0. The van der Waals surface area contributed by atoms with E-state index in [9.17, 15) is 28.2 Å². The number of phosphoric acid groups is 3. The van der Waals surface area contributed by atoms with E-state index in [1.54, 1.807) is 0 Å². The van der Waals surface area contributed by atoms with Gasteiger partial charge in [-0.25, -0.2) is 18.5 Å². The van der Waals surface area contributed by atoms with Gasteiger partial charge in [-0.2, -0.15) is 8.62 Å². The topological polar surface area (TPSA) is 224 Å². The van der Waals surface area contributed by atoms with E-state index in [4.69, 9.17) is 25.8 Å². The van der Waals surface area contributed by atoms with Crippen LogP contribution in [0.25, 0.3) is 0 Å². The highest BCUT2D eigenvalue weighted by molar-refractivity contribution is 7.66. The van der Waals surface area contributed by atoms with Gasteiger partial charge in [0.05, 0.1) is 12.7 Å². The maximum Gasteiger partial charge on any atom is 0.490 e. The van der Waals surface area contributed by atoms with Crippen LogP contribution < -0.4 is 11.2 Å². The van der Waals surface area contributed by atoms with Crippen LogP contribution in [0.4, 0.5) is 0 Å². The Kier molecular flexibility index (Phi) is 7.15. The molecule has 1 saturated heterocycles. The number of ether oxygens (including phenoxy) is 1. The van der Waals surface area contributed by atoms with E-state index >= 15 is 0 Å². The summed E-state index contributed by atoms with van der Waals surface area (Å²) >= 11 is 0. The molecule has 0 bridgehead atoms. The second kappa shape index (κ2) is 8.63. The number of aryl methyl sites for hydroxylation is 1. The standard InChI is InChI=1S/C12H17N2O13P3/c1-3-12(14-6-8(2)10(15)13-11(14)16)5-4-9(25-12)7-24-29(20,21)27-30(22,23)26-28(17,18)19/h1,6,9H,4-5,7H2,2H3,(H,20,21)(H,22,23)(H,13,15,16)(H2,17,18,19)/t9-,12+/m0/s1. The van der Waals surface area contributed by atoms with Crippen LogP contribution in [0.2, 0.25) is 0 Å². The first-order valence-corrected chi connectivity index (χ1v) is 12.4. The molecule has 5 N–H and O–H groups in total. The van der Waals surface area contributed by atoms with Gasteiger partial charge >= 0.3 is 29.2 Å². The molecule has 0 amide bonds. The second-order valence-electron chi connectivity index (χ2n) is 6.04. The van der Waals surface area contributed by atoms with Gasteiger partial charge in [-0.3, -0.25) is 18.9 Å². The molecule has 15 nitrogen and oxygen atoms in total. The molecule has 0 saturated carbocycles. The lowest BCUT2D eigenvalue weighted by Crippen LogP contribution is -2.44. The molecule has 1 fully saturated rings. The number of terminal acetylenes is 1. The number of aromatic nitrogens is 2. The zero-order valence-corrected chi connectivity index (χ0v) is 17.8. The van der Waals surface area contributed by atoms with Gasteiger partial charge in [-0.15, -0.1) is 6.42 Å². The predicted molar refractivity (Wildman–Crippen MR) is 96.8 cm³/mol.